The predicted octanol–water partition coefficient (Wildman–Crippen LogP) is 3.97. The summed E-state index contributed by atoms with van der Waals surface area (Å²) in [5, 5.41) is 2.80. The summed E-state index contributed by atoms with van der Waals surface area (Å²) >= 11 is 0. The van der Waals surface area contributed by atoms with E-state index in [1.807, 2.05) is 60.9 Å². The summed E-state index contributed by atoms with van der Waals surface area (Å²) < 4.78 is 5.92. The van der Waals surface area contributed by atoms with E-state index in [-0.39, 0.29) is 5.91 Å². The number of amides is 1. The van der Waals surface area contributed by atoms with Gasteiger partial charge in [0.2, 0.25) is 5.91 Å². The van der Waals surface area contributed by atoms with E-state index in [2.05, 4.69) is 32.3 Å². The standard InChI is InChI=1S/C25H30N4O2/c1-21(30)26-13-6-7-16-31-25-12-8-9-22(17-25)18-29(19-23-10-2-4-14-27-23)20-24-11-3-5-15-28-24/h2-5,8-12,14-15,17H,6-7,13,16,18-20H2,1H3,(H,26,30). The first-order valence-corrected chi connectivity index (χ1v) is 10.7. The number of benzene rings is 1. The molecule has 0 aliphatic carbocycles. The Morgan fingerprint density at radius 2 is 1.61 bits per heavy atom. The van der Waals surface area contributed by atoms with Crippen molar-refractivity contribution in [2.45, 2.75) is 39.4 Å². The molecule has 2 aromatic heterocycles. The molecule has 0 aliphatic rings. The van der Waals surface area contributed by atoms with Crippen LogP contribution in [0.15, 0.2) is 73.1 Å². The minimum Gasteiger partial charge on any atom is -0.494 e. The van der Waals surface area contributed by atoms with Crippen LogP contribution in [0.1, 0.15) is 36.7 Å². The number of nitrogens with one attached hydrogen (secondary N) is 1. The van der Waals surface area contributed by atoms with Crippen LogP contribution in [0.3, 0.4) is 0 Å². The van der Waals surface area contributed by atoms with Gasteiger partial charge in [0.25, 0.3) is 0 Å². The van der Waals surface area contributed by atoms with Crippen molar-refractivity contribution < 1.29 is 9.53 Å². The van der Waals surface area contributed by atoms with E-state index in [0.29, 0.717) is 13.2 Å². The van der Waals surface area contributed by atoms with Crippen LogP contribution in [0.5, 0.6) is 5.75 Å². The zero-order valence-electron chi connectivity index (χ0n) is 18.0. The highest BCUT2D eigenvalue weighted by Gasteiger charge is 2.10. The van der Waals surface area contributed by atoms with Gasteiger partial charge in [0.1, 0.15) is 5.75 Å². The Hall–Kier alpha value is -3.25. The highest BCUT2D eigenvalue weighted by atomic mass is 16.5. The van der Waals surface area contributed by atoms with Gasteiger partial charge in [0, 0.05) is 45.5 Å². The Bertz CT molecular complexity index is 878. The lowest BCUT2D eigenvalue weighted by atomic mass is 10.2. The molecule has 1 amide bonds. The fraction of sp³-hybridized carbons (Fsp3) is 0.320. The lowest BCUT2D eigenvalue weighted by Gasteiger charge is -2.22. The van der Waals surface area contributed by atoms with Gasteiger partial charge in [-0.3, -0.25) is 19.7 Å². The minimum absolute atomic E-state index is 0.00887. The molecule has 31 heavy (non-hydrogen) atoms. The molecule has 3 aromatic rings. The lowest BCUT2D eigenvalue weighted by molar-refractivity contribution is -0.118. The van der Waals surface area contributed by atoms with Gasteiger partial charge in [0.05, 0.1) is 18.0 Å². The smallest absolute Gasteiger partial charge is 0.216 e. The molecular weight excluding hydrogens is 388 g/mol. The molecule has 2 heterocycles. The number of carbonyl (C=O) groups excluding carboxylic acids is 1. The molecule has 6 heteroatoms. The van der Waals surface area contributed by atoms with Crippen LogP contribution in [-0.4, -0.2) is 33.9 Å². The molecule has 162 valence electrons. The number of aromatic nitrogens is 2. The average Bonchev–Trinajstić information content (AvgIpc) is 2.77. The molecule has 0 saturated carbocycles. The second-order valence-electron chi connectivity index (χ2n) is 7.47. The Kier molecular flexibility index (Phi) is 9.01. The van der Waals surface area contributed by atoms with Gasteiger partial charge in [-0.2, -0.15) is 0 Å². The van der Waals surface area contributed by atoms with E-state index < -0.39 is 0 Å². The number of ether oxygens (including phenoxy) is 1. The molecule has 0 radical (unpaired) electrons. The third-order valence-corrected chi connectivity index (χ3v) is 4.74. The van der Waals surface area contributed by atoms with E-state index in [9.17, 15) is 4.79 Å². The third kappa shape index (κ3) is 8.56. The number of rotatable bonds is 12. The molecule has 0 unspecified atom stereocenters. The van der Waals surface area contributed by atoms with Crippen LogP contribution in [0.25, 0.3) is 0 Å². The summed E-state index contributed by atoms with van der Waals surface area (Å²) in [7, 11) is 0. The Morgan fingerprint density at radius 1 is 0.903 bits per heavy atom. The molecule has 1 N–H and O–H groups in total. The monoisotopic (exact) mass is 418 g/mol. The first kappa shape index (κ1) is 22.4. The maximum atomic E-state index is 10.9. The van der Waals surface area contributed by atoms with Crippen molar-refractivity contribution in [3.63, 3.8) is 0 Å². The maximum absolute atomic E-state index is 10.9. The second kappa shape index (κ2) is 12.4. The van der Waals surface area contributed by atoms with Crippen LogP contribution in [0, 0.1) is 0 Å². The summed E-state index contributed by atoms with van der Waals surface area (Å²) in [6.45, 7) is 5.11. The number of unbranched alkanes of at least 4 members (excludes halogenated alkanes) is 1. The average molecular weight is 419 g/mol. The first-order chi connectivity index (χ1) is 15.2. The molecule has 0 spiro atoms. The molecule has 0 fully saturated rings. The molecule has 0 aliphatic heterocycles. The Morgan fingerprint density at radius 3 is 2.23 bits per heavy atom. The summed E-state index contributed by atoms with van der Waals surface area (Å²) in [5.41, 5.74) is 3.25. The zero-order chi connectivity index (χ0) is 21.7. The Balaban J connectivity index is 1.58. The summed E-state index contributed by atoms with van der Waals surface area (Å²) in [6.07, 6.45) is 5.46. The SMILES string of the molecule is CC(=O)NCCCCOc1cccc(CN(Cc2ccccn2)Cc2ccccn2)c1. The molecular formula is C25H30N4O2. The second-order valence-corrected chi connectivity index (χ2v) is 7.47. The van der Waals surface area contributed by atoms with Crippen molar-refractivity contribution in [1.82, 2.24) is 20.2 Å². The molecule has 1 aromatic carbocycles. The molecule has 0 bridgehead atoms. The highest BCUT2D eigenvalue weighted by molar-refractivity contribution is 5.72. The van der Waals surface area contributed by atoms with Gasteiger partial charge < -0.3 is 10.1 Å². The molecule has 6 nitrogen and oxygen atoms in total. The number of hydrogen-bond donors (Lipinski definition) is 1. The van der Waals surface area contributed by atoms with Crippen molar-refractivity contribution in [2.75, 3.05) is 13.2 Å². The van der Waals surface area contributed by atoms with E-state index >= 15 is 0 Å². The summed E-state index contributed by atoms with van der Waals surface area (Å²) in [4.78, 5) is 22.2. The van der Waals surface area contributed by atoms with Crippen molar-refractivity contribution in [2.24, 2.45) is 0 Å². The van der Waals surface area contributed by atoms with E-state index in [4.69, 9.17) is 4.74 Å². The maximum Gasteiger partial charge on any atom is 0.216 e. The number of pyridine rings is 2. The third-order valence-electron chi connectivity index (χ3n) is 4.74. The molecule has 3 rings (SSSR count). The Labute approximate surface area is 184 Å². The van der Waals surface area contributed by atoms with Gasteiger partial charge in [-0.1, -0.05) is 24.3 Å². The van der Waals surface area contributed by atoms with Crippen LogP contribution in [-0.2, 0) is 24.4 Å². The van der Waals surface area contributed by atoms with E-state index in [0.717, 1.165) is 49.6 Å². The minimum atomic E-state index is 0.00887. The van der Waals surface area contributed by atoms with Crippen LogP contribution in [0.4, 0.5) is 0 Å². The highest BCUT2D eigenvalue weighted by Crippen LogP contribution is 2.18. The predicted molar refractivity (Wildman–Crippen MR) is 121 cm³/mol. The fourth-order valence-electron chi connectivity index (χ4n) is 3.28. The van der Waals surface area contributed by atoms with Crippen molar-refractivity contribution >= 4 is 5.91 Å². The fourth-order valence-corrected chi connectivity index (χ4v) is 3.28. The van der Waals surface area contributed by atoms with E-state index in [1.54, 1.807) is 0 Å². The van der Waals surface area contributed by atoms with Crippen molar-refractivity contribution in [1.29, 1.82) is 0 Å². The summed E-state index contributed by atoms with van der Waals surface area (Å²) in [5.74, 6) is 0.877. The number of hydrogen-bond acceptors (Lipinski definition) is 5. The van der Waals surface area contributed by atoms with Crippen molar-refractivity contribution in [3.8, 4) is 5.75 Å². The quantitative estimate of drug-likeness (QED) is 0.451. The van der Waals surface area contributed by atoms with Gasteiger partial charge in [-0.05, 0) is 54.8 Å². The lowest BCUT2D eigenvalue weighted by Crippen LogP contribution is -2.23. The van der Waals surface area contributed by atoms with Crippen LogP contribution >= 0.6 is 0 Å². The normalized spacial score (nSPS) is 10.8. The van der Waals surface area contributed by atoms with Gasteiger partial charge in [-0.25, -0.2) is 0 Å². The van der Waals surface area contributed by atoms with Gasteiger partial charge in [-0.15, -0.1) is 0 Å². The summed E-state index contributed by atoms with van der Waals surface area (Å²) in [6, 6.07) is 20.2. The number of carbonyl (C=O) groups is 1. The van der Waals surface area contributed by atoms with Crippen LogP contribution in [0.2, 0.25) is 0 Å². The van der Waals surface area contributed by atoms with Gasteiger partial charge >= 0.3 is 0 Å². The topological polar surface area (TPSA) is 67.3 Å². The van der Waals surface area contributed by atoms with Crippen LogP contribution < -0.4 is 10.1 Å². The van der Waals surface area contributed by atoms with E-state index in [1.165, 1.54) is 12.5 Å². The zero-order valence-corrected chi connectivity index (χ0v) is 18.0. The molecule has 0 atom stereocenters. The van der Waals surface area contributed by atoms with Gasteiger partial charge in [0.15, 0.2) is 0 Å². The first-order valence-electron chi connectivity index (χ1n) is 10.7. The molecule has 0 saturated heterocycles. The van der Waals surface area contributed by atoms with Crippen molar-refractivity contribution in [3.05, 3.63) is 90.0 Å². The largest absolute Gasteiger partial charge is 0.494 e. The number of nitrogens with zero attached hydrogens (tertiary/aromatic N) is 3.